The summed E-state index contributed by atoms with van der Waals surface area (Å²) >= 11 is 1.76. The average Bonchev–Trinajstić information content (AvgIpc) is 2.60. The molecule has 3 unspecified atom stereocenters. The Morgan fingerprint density at radius 2 is 1.96 bits per heavy atom. The first-order valence-electron chi connectivity index (χ1n) is 9.39. The Hall–Kier alpha value is -0.670. The summed E-state index contributed by atoms with van der Waals surface area (Å²) in [5.74, 6) is 1.66. The first-order valence-corrected chi connectivity index (χ1v) is 10.4. The maximum absolute atomic E-state index is 12.9. The predicted molar refractivity (Wildman–Crippen MR) is 101 cm³/mol. The number of aliphatic imine (C=N–C) groups is 1. The normalized spacial score (nSPS) is 29.4. The van der Waals surface area contributed by atoms with Crippen LogP contribution in [0.25, 0.3) is 0 Å². The van der Waals surface area contributed by atoms with Gasteiger partial charge in [-0.25, -0.2) is 0 Å². The molecule has 2 rings (SSSR count). The van der Waals surface area contributed by atoms with Crippen LogP contribution in [0.1, 0.15) is 33.6 Å². The predicted octanol–water partition coefficient (Wildman–Crippen LogP) is 2.17. The van der Waals surface area contributed by atoms with Crippen molar-refractivity contribution in [3.8, 4) is 0 Å². The van der Waals surface area contributed by atoms with Gasteiger partial charge in [0.2, 0.25) is 0 Å². The van der Waals surface area contributed by atoms with Crippen molar-refractivity contribution in [3.63, 3.8) is 0 Å². The molecule has 0 aromatic carbocycles. The lowest BCUT2D eigenvalue weighted by molar-refractivity contribution is -0.181. The van der Waals surface area contributed by atoms with Crippen molar-refractivity contribution in [2.24, 2.45) is 4.99 Å². The maximum Gasteiger partial charge on any atom is 0.403 e. The van der Waals surface area contributed by atoms with Crippen molar-refractivity contribution in [2.75, 3.05) is 45.0 Å². The molecule has 1 saturated heterocycles. The Balaban J connectivity index is 1.94. The Bertz CT molecular complexity index is 483. The number of rotatable bonds is 6. The van der Waals surface area contributed by atoms with Crippen LogP contribution in [0, 0.1) is 0 Å². The van der Waals surface area contributed by atoms with Gasteiger partial charge >= 0.3 is 6.18 Å². The summed E-state index contributed by atoms with van der Waals surface area (Å²) in [7, 11) is 0. The minimum atomic E-state index is -4.19. The van der Waals surface area contributed by atoms with Crippen molar-refractivity contribution in [2.45, 2.75) is 56.7 Å². The molecule has 1 heterocycles. The highest BCUT2D eigenvalue weighted by atomic mass is 32.2. The summed E-state index contributed by atoms with van der Waals surface area (Å²) in [5.41, 5.74) is -0.756. The van der Waals surface area contributed by atoms with Gasteiger partial charge in [-0.15, -0.1) is 0 Å². The number of nitrogens with one attached hydrogen (secondary N) is 1. The highest BCUT2D eigenvalue weighted by Gasteiger charge is 2.45. The van der Waals surface area contributed by atoms with Crippen molar-refractivity contribution in [3.05, 3.63) is 0 Å². The number of piperazine rings is 1. The lowest BCUT2D eigenvalue weighted by Crippen LogP contribution is -2.57. The molecule has 0 bridgehead atoms. The largest absolute Gasteiger partial charge is 0.403 e. The first-order chi connectivity index (χ1) is 12.2. The van der Waals surface area contributed by atoms with Crippen LogP contribution in [-0.2, 0) is 0 Å². The fourth-order valence-corrected chi connectivity index (χ4v) is 4.57. The third-order valence-corrected chi connectivity index (χ3v) is 6.69. The second-order valence-electron chi connectivity index (χ2n) is 7.00. The second kappa shape index (κ2) is 9.01. The molecule has 1 aliphatic heterocycles. The van der Waals surface area contributed by atoms with Crippen molar-refractivity contribution in [1.29, 1.82) is 0 Å². The molecule has 2 N–H and O–H groups in total. The first kappa shape index (κ1) is 21.6. The lowest BCUT2D eigenvalue weighted by Gasteiger charge is -2.44. The van der Waals surface area contributed by atoms with Gasteiger partial charge in [0.15, 0.2) is 5.96 Å². The molecule has 9 heteroatoms. The number of nitrogens with zero attached hydrogens (tertiary/aromatic N) is 3. The van der Waals surface area contributed by atoms with E-state index >= 15 is 0 Å². The molecule has 152 valence electrons. The summed E-state index contributed by atoms with van der Waals surface area (Å²) in [6.07, 6.45) is -2.43. The van der Waals surface area contributed by atoms with Crippen LogP contribution in [0.4, 0.5) is 13.2 Å². The van der Waals surface area contributed by atoms with E-state index in [1.165, 1.54) is 11.8 Å². The Morgan fingerprint density at radius 1 is 1.31 bits per heavy atom. The fourth-order valence-electron chi connectivity index (χ4n) is 3.38. The summed E-state index contributed by atoms with van der Waals surface area (Å²) in [6, 6.07) is -1.42. The number of aliphatic hydroxyl groups is 1. The smallest absolute Gasteiger partial charge is 0.387 e. The number of halogens is 3. The van der Waals surface area contributed by atoms with E-state index in [9.17, 15) is 18.3 Å². The zero-order valence-corrected chi connectivity index (χ0v) is 16.7. The molecule has 0 radical (unpaired) electrons. The lowest BCUT2D eigenvalue weighted by atomic mass is 9.79. The summed E-state index contributed by atoms with van der Waals surface area (Å²) in [4.78, 5) is 8.07. The van der Waals surface area contributed by atoms with E-state index in [2.05, 4.69) is 17.2 Å². The van der Waals surface area contributed by atoms with Gasteiger partial charge in [0, 0.05) is 38.0 Å². The van der Waals surface area contributed by atoms with E-state index in [-0.39, 0.29) is 5.25 Å². The Morgan fingerprint density at radius 3 is 2.42 bits per heavy atom. The summed E-state index contributed by atoms with van der Waals surface area (Å²) < 4.78 is 38.7. The highest BCUT2D eigenvalue weighted by molar-refractivity contribution is 8.00. The topological polar surface area (TPSA) is 51.1 Å². The van der Waals surface area contributed by atoms with Gasteiger partial charge in [0.25, 0.3) is 0 Å². The van der Waals surface area contributed by atoms with Crippen molar-refractivity contribution >= 4 is 17.7 Å². The third kappa shape index (κ3) is 5.19. The molecule has 5 nitrogen and oxygen atoms in total. The van der Waals surface area contributed by atoms with Gasteiger partial charge in [0.05, 0.1) is 12.1 Å². The summed E-state index contributed by atoms with van der Waals surface area (Å²) in [6.45, 7) is 7.98. The van der Waals surface area contributed by atoms with E-state index in [1.807, 2.05) is 11.8 Å². The molecule has 0 amide bonds. The quantitative estimate of drug-likeness (QED) is 0.532. The zero-order chi connectivity index (χ0) is 19.4. The van der Waals surface area contributed by atoms with Gasteiger partial charge in [-0.3, -0.25) is 9.89 Å². The van der Waals surface area contributed by atoms with Crippen LogP contribution in [0.3, 0.4) is 0 Å². The van der Waals surface area contributed by atoms with E-state index in [1.54, 1.807) is 11.8 Å². The molecule has 2 aliphatic rings. The maximum atomic E-state index is 12.9. The minimum Gasteiger partial charge on any atom is -0.387 e. The van der Waals surface area contributed by atoms with Gasteiger partial charge in [-0.1, -0.05) is 6.92 Å². The molecule has 0 aromatic heterocycles. The van der Waals surface area contributed by atoms with Gasteiger partial charge in [-0.2, -0.15) is 24.9 Å². The van der Waals surface area contributed by atoms with E-state index in [4.69, 9.17) is 0 Å². The van der Waals surface area contributed by atoms with Gasteiger partial charge < -0.3 is 15.3 Å². The third-order valence-electron chi connectivity index (χ3n) is 5.28. The molecule has 2 fully saturated rings. The minimum absolute atomic E-state index is 0.226. The molecule has 0 aromatic rings. The number of thioether (sulfide) groups is 1. The Kier molecular flexibility index (Phi) is 7.50. The molecule has 26 heavy (non-hydrogen) atoms. The Labute approximate surface area is 158 Å². The van der Waals surface area contributed by atoms with Crippen LogP contribution in [0.15, 0.2) is 4.99 Å². The number of hydrogen-bond acceptors (Lipinski definition) is 4. The van der Waals surface area contributed by atoms with Crippen molar-refractivity contribution in [1.82, 2.24) is 15.1 Å². The van der Waals surface area contributed by atoms with Crippen molar-refractivity contribution < 1.29 is 18.3 Å². The summed E-state index contributed by atoms with van der Waals surface area (Å²) in [5, 5.41) is 14.2. The standard InChI is InChI=1S/C17H31F3N4OS/c1-4-21-15(22-12-16(25)7-6-14(16)26-5-2)24-10-8-23(9-11-24)13(3)17(18,19)20/h13-14,25H,4-12H2,1-3H3,(H,21,22). The van der Waals surface area contributed by atoms with Gasteiger partial charge in [0.1, 0.15) is 6.04 Å². The van der Waals surface area contributed by atoms with E-state index in [0.29, 0.717) is 45.2 Å². The zero-order valence-electron chi connectivity index (χ0n) is 15.8. The molecule has 1 aliphatic carbocycles. The number of hydrogen-bond donors (Lipinski definition) is 2. The van der Waals surface area contributed by atoms with Crippen LogP contribution in [0.2, 0.25) is 0 Å². The molecular weight excluding hydrogens is 365 g/mol. The SMILES string of the molecule is CCNC(=NCC1(O)CCC1SCC)N1CCN(C(C)C(F)(F)F)CC1. The number of guanidine groups is 1. The van der Waals surface area contributed by atoms with Crippen LogP contribution in [-0.4, -0.2) is 89.0 Å². The van der Waals surface area contributed by atoms with Crippen LogP contribution >= 0.6 is 11.8 Å². The second-order valence-corrected chi connectivity index (χ2v) is 8.48. The highest BCUT2D eigenvalue weighted by Crippen LogP contribution is 2.41. The van der Waals surface area contributed by atoms with E-state index < -0.39 is 17.8 Å². The van der Waals surface area contributed by atoms with Gasteiger partial charge in [-0.05, 0) is 32.4 Å². The molecule has 1 saturated carbocycles. The molecule has 3 atom stereocenters. The fraction of sp³-hybridized carbons (Fsp3) is 0.941. The van der Waals surface area contributed by atoms with Crippen LogP contribution < -0.4 is 5.32 Å². The molecule has 0 spiro atoms. The monoisotopic (exact) mass is 396 g/mol. The average molecular weight is 397 g/mol. The van der Waals surface area contributed by atoms with Crippen LogP contribution in [0.5, 0.6) is 0 Å². The van der Waals surface area contributed by atoms with E-state index in [0.717, 1.165) is 18.6 Å². The molecular formula is C17H31F3N4OS. The number of alkyl halides is 3.